The van der Waals surface area contributed by atoms with Gasteiger partial charge in [0.2, 0.25) is 0 Å². The summed E-state index contributed by atoms with van der Waals surface area (Å²) in [7, 11) is 0. The molecular weight excluding hydrogens is 150 g/mol. The molecule has 0 saturated carbocycles. The molecule has 3 nitrogen and oxygen atoms in total. The molecule has 0 amide bonds. The van der Waals surface area contributed by atoms with E-state index in [4.69, 9.17) is 0 Å². The van der Waals surface area contributed by atoms with Crippen LogP contribution in [0.1, 0.15) is 20.8 Å². The lowest BCUT2D eigenvalue weighted by Crippen LogP contribution is -2.38. The fourth-order valence-electron chi connectivity index (χ4n) is 0.546. The van der Waals surface area contributed by atoms with E-state index in [-0.39, 0.29) is 0 Å². The third kappa shape index (κ3) is 4.50. The molecule has 0 aromatic carbocycles. The van der Waals surface area contributed by atoms with E-state index >= 15 is 0 Å². The number of hydrogen-bond acceptors (Lipinski definition) is 2. The minimum atomic E-state index is -2.24. The molecule has 0 aromatic rings. The Balaban J connectivity index is 4.08. The highest BCUT2D eigenvalue weighted by molar-refractivity contribution is 7.77. The van der Waals surface area contributed by atoms with Gasteiger partial charge in [0.05, 0.1) is 5.54 Å². The van der Waals surface area contributed by atoms with Gasteiger partial charge in [0.1, 0.15) is 0 Å². The summed E-state index contributed by atoms with van der Waals surface area (Å²) in [5.74, 6) is 5.33. The molecule has 1 atom stereocenters. The van der Waals surface area contributed by atoms with Crippen molar-refractivity contribution in [3.8, 4) is 11.8 Å². The summed E-state index contributed by atoms with van der Waals surface area (Å²) in [6.45, 7) is 5.05. The van der Waals surface area contributed by atoms with Gasteiger partial charge >= 0.3 is 0 Å². The number of nitrogens with one attached hydrogen (secondary N) is 1. The van der Waals surface area contributed by atoms with Crippen molar-refractivity contribution in [1.82, 2.24) is 4.72 Å². The molecule has 0 aromatic heterocycles. The molecule has 0 aliphatic heterocycles. The largest absolute Gasteiger partial charge is 0.760 e. The highest BCUT2D eigenvalue weighted by Crippen LogP contribution is 1.98. The fourth-order valence-corrected chi connectivity index (χ4v) is 1.01. The molecule has 0 aliphatic rings. The van der Waals surface area contributed by atoms with Crippen molar-refractivity contribution in [3.05, 3.63) is 0 Å². The van der Waals surface area contributed by atoms with E-state index in [9.17, 15) is 8.76 Å². The third-order valence-electron chi connectivity index (χ3n) is 0.776. The van der Waals surface area contributed by atoms with Crippen molar-refractivity contribution in [3.63, 3.8) is 0 Å². The Kier molecular flexibility index (Phi) is 3.58. The van der Waals surface area contributed by atoms with Crippen LogP contribution < -0.4 is 4.72 Å². The summed E-state index contributed by atoms with van der Waals surface area (Å²) < 4.78 is 22.5. The Hall–Kier alpha value is -0.370. The lowest BCUT2D eigenvalue weighted by Gasteiger charge is -2.20. The molecule has 0 bridgehead atoms. The monoisotopic (exact) mass is 160 g/mol. The van der Waals surface area contributed by atoms with Gasteiger partial charge in [-0.1, -0.05) is 5.92 Å². The Labute approximate surface area is 63.6 Å². The van der Waals surface area contributed by atoms with Crippen molar-refractivity contribution < 1.29 is 8.76 Å². The highest BCUT2D eigenvalue weighted by atomic mass is 32.2. The summed E-state index contributed by atoms with van der Waals surface area (Å²) in [5, 5.41) is 0. The van der Waals surface area contributed by atoms with Gasteiger partial charge in [0.15, 0.2) is 0 Å². The van der Waals surface area contributed by atoms with Crippen molar-refractivity contribution in [2.45, 2.75) is 26.3 Å². The first-order valence-electron chi connectivity index (χ1n) is 2.79. The number of hydrogen-bond donors (Lipinski definition) is 1. The normalized spacial score (nSPS) is 13.6. The van der Waals surface area contributed by atoms with Crippen molar-refractivity contribution in [1.29, 1.82) is 0 Å². The topological polar surface area (TPSA) is 52.2 Å². The lowest BCUT2D eigenvalue weighted by molar-refractivity contribution is 0.494. The van der Waals surface area contributed by atoms with Gasteiger partial charge in [0.25, 0.3) is 0 Å². The van der Waals surface area contributed by atoms with Crippen molar-refractivity contribution in [2.75, 3.05) is 0 Å². The second kappa shape index (κ2) is 3.71. The molecule has 0 radical (unpaired) electrons. The predicted octanol–water partition coefficient (Wildman–Crippen LogP) is 0.172. The summed E-state index contributed by atoms with van der Waals surface area (Å²) >= 11 is -2.24. The van der Waals surface area contributed by atoms with Crippen LogP contribution in [-0.2, 0) is 11.3 Å². The van der Waals surface area contributed by atoms with Crippen LogP contribution in [0.25, 0.3) is 0 Å². The Bertz CT molecular complexity index is 190. The second-order valence-corrected chi connectivity index (χ2v) is 3.01. The maximum absolute atomic E-state index is 10.1. The summed E-state index contributed by atoms with van der Waals surface area (Å²) in [6, 6.07) is 0. The molecule has 0 heterocycles. The molecule has 0 spiro atoms. The standard InChI is InChI=1S/C6H11NO2S/c1-4-5-6(2,3)7-10(8)9/h7H,1-3H3,(H,8,9)/p-1. The quantitative estimate of drug-likeness (QED) is 0.462. The predicted molar refractivity (Wildman–Crippen MR) is 39.6 cm³/mol. The van der Waals surface area contributed by atoms with Crippen LogP contribution in [0.4, 0.5) is 0 Å². The van der Waals surface area contributed by atoms with E-state index in [0.29, 0.717) is 0 Å². The van der Waals surface area contributed by atoms with Gasteiger partial charge in [-0.05, 0) is 20.8 Å². The smallest absolute Gasteiger partial charge is 0.0847 e. The van der Waals surface area contributed by atoms with Gasteiger partial charge in [-0.2, -0.15) is 0 Å². The van der Waals surface area contributed by atoms with Gasteiger partial charge < -0.3 is 4.55 Å². The van der Waals surface area contributed by atoms with E-state index in [1.165, 1.54) is 0 Å². The van der Waals surface area contributed by atoms with Gasteiger partial charge in [-0.3, -0.25) is 4.21 Å². The average Bonchev–Trinajstić information content (AvgIpc) is 1.59. The van der Waals surface area contributed by atoms with Crippen LogP contribution in [-0.4, -0.2) is 14.3 Å². The van der Waals surface area contributed by atoms with Crippen LogP contribution in [0.15, 0.2) is 0 Å². The fraction of sp³-hybridized carbons (Fsp3) is 0.667. The summed E-state index contributed by atoms with van der Waals surface area (Å²) in [4.78, 5) is 0. The lowest BCUT2D eigenvalue weighted by atomic mass is 10.1. The molecule has 58 valence electrons. The molecule has 0 saturated heterocycles. The molecule has 0 rings (SSSR count). The molecule has 1 unspecified atom stereocenters. The molecular formula is C6H10NO2S-. The van der Waals surface area contributed by atoms with Crippen LogP contribution in [0.3, 0.4) is 0 Å². The minimum Gasteiger partial charge on any atom is -0.760 e. The van der Waals surface area contributed by atoms with Crippen molar-refractivity contribution in [2.24, 2.45) is 0 Å². The maximum atomic E-state index is 10.1. The molecule has 1 N–H and O–H groups in total. The first-order valence-corrected chi connectivity index (χ1v) is 3.86. The van der Waals surface area contributed by atoms with Gasteiger partial charge in [-0.25, -0.2) is 4.72 Å². The first-order chi connectivity index (χ1) is 4.48. The van der Waals surface area contributed by atoms with E-state index in [1.54, 1.807) is 20.8 Å². The Morgan fingerprint density at radius 2 is 2.10 bits per heavy atom. The number of rotatable bonds is 2. The minimum absolute atomic E-state index is 0.651. The zero-order valence-electron chi connectivity index (χ0n) is 6.22. The average molecular weight is 160 g/mol. The molecule has 0 fully saturated rings. The summed E-state index contributed by atoms with van der Waals surface area (Å²) in [6.07, 6.45) is 0. The SMILES string of the molecule is CC#CC(C)(C)NS(=O)[O-]. The molecule has 4 heteroatoms. The van der Waals surface area contributed by atoms with Crippen LogP contribution in [0.2, 0.25) is 0 Å². The van der Waals surface area contributed by atoms with Gasteiger partial charge in [0, 0.05) is 11.3 Å². The van der Waals surface area contributed by atoms with Crippen molar-refractivity contribution >= 4 is 11.3 Å². The Morgan fingerprint density at radius 3 is 2.40 bits per heavy atom. The maximum Gasteiger partial charge on any atom is 0.0847 e. The van der Waals surface area contributed by atoms with E-state index in [2.05, 4.69) is 16.6 Å². The van der Waals surface area contributed by atoms with E-state index < -0.39 is 16.8 Å². The van der Waals surface area contributed by atoms with Crippen LogP contribution in [0.5, 0.6) is 0 Å². The third-order valence-corrected chi connectivity index (χ3v) is 1.45. The molecule has 0 aliphatic carbocycles. The van der Waals surface area contributed by atoms with Crippen LogP contribution >= 0.6 is 0 Å². The van der Waals surface area contributed by atoms with E-state index in [0.717, 1.165) is 0 Å². The highest BCUT2D eigenvalue weighted by Gasteiger charge is 2.11. The van der Waals surface area contributed by atoms with E-state index in [1.807, 2.05) is 0 Å². The molecule has 10 heavy (non-hydrogen) atoms. The zero-order valence-corrected chi connectivity index (χ0v) is 7.04. The van der Waals surface area contributed by atoms with Crippen LogP contribution in [0, 0.1) is 11.8 Å². The zero-order chi connectivity index (χ0) is 8.20. The first kappa shape index (κ1) is 9.63. The Morgan fingerprint density at radius 1 is 1.60 bits per heavy atom. The summed E-state index contributed by atoms with van der Waals surface area (Å²) in [5.41, 5.74) is -0.651. The second-order valence-electron chi connectivity index (χ2n) is 2.34. The van der Waals surface area contributed by atoms with Gasteiger partial charge in [-0.15, -0.1) is 5.92 Å².